The Morgan fingerprint density at radius 1 is 1.14 bits per heavy atom. The average molecular weight is 327 g/mol. The van der Waals surface area contributed by atoms with Gasteiger partial charge in [-0.2, -0.15) is 13.2 Å². The molecule has 22 heavy (non-hydrogen) atoms. The maximum atomic E-state index is 13.1. The second kappa shape index (κ2) is 5.87. The molecule has 7 heteroatoms. The summed E-state index contributed by atoms with van der Waals surface area (Å²) in [5.41, 5.74) is -0.0803. The van der Waals surface area contributed by atoms with Crippen LogP contribution in [0.2, 0.25) is 0 Å². The minimum atomic E-state index is -4.29. The number of anilines is 1. The van der Waals surface area contributed by atoms with Crippen LogP contribution in [0.4, 0.5) is 18.3 Å². The molecule has 0 N–H and O–H groups in total. The van der Waals surface area contributed by atoms with E-state index >= 15 is 0 Å². The zero-order valence-electron chi connectivity index (χ0n) is 12.1. The van der Waals surface area contributed by atoms with Crippen molar-refractivity contribution in [1.29, 1.82) is 0 Å². The molecule has 0 radical (unpaired) electrons. The Balaban J connectivity index is 1.74. The van der Waals surface area contributed by atoms with E-state index in [0.717, 1.165) is 10.1 Å². The lowest BCUT2D eigenvalue weighted by molar-refractivity contribution is -0.138. The first-order valence-corrected chi connectivity index (χ1v) is 7.98. The Kier molecular flexibility index (Phi) is 4.08. The Labute approximate surface area is 130 Å². The largest absolute Gasteiger partial charge is 0.416 e. The first-order chi connectivity index (χ1) is 10.4. The minimum absolute atomic E-state index is 0.0527. The van der Waals surface area contributed by atoms with Crippen molar-refractivity contribution >= 4 is 16.5 Å². The number of nitrogens with zero attached hydrogens (tertiary/aromatic N) is 3. The van der Waals surface area contributed by atoms with Crippen LogP contribution in [0.5, 0.6) is 0 Å². The topological polar surface area (TPSA) is 29.0 Å². The van der Waals surface area contributed by atoms with Crippen LogP contribution < -0.4 is 4.90 Å². The van der Waals surface area contributed by atoms with Crippen molar-refractivity contribution in [3.05, 3.63) is 40.4 Å². The number of benzene rings is 1. The van der Waals surface area contributed by atoms with E-state index in [0.29, 0.717) is 31.5 Å². The van der Waals surface area contributed by atoms with Gasteiger partial charge in [-0.3, -0.25) is 0 Å². The second-order valence-electron chi connectivity index (χ2n) is 5.45. The molecule has 2 aromatic rings. The van der Waals surface area contributed by atoms with Gasteiger partial charge in [-0.05, 0) is 37.3 Å². The standard InChI is InChI=1S/C15H16F3N3S/c1-10-19-20-14(22-10)21-8-6-11(7-9-21)12-4-2-3-5-13(12)15(16,17)18/h2-5,11H,6-9H2,1H3. The summed E-state index contributed by atoms with van der Waals surface area (Å²) in [6.45, 7) is 3.32. The molecule has 0 saturated carbocycles. The molecule has 3 rings (SSSR count). The van der Waals surface area contributed by atoms with Gasteiger partial charge in [0.05, 0.1) is 5.56 Å². The fourth-order valence-corrected chi connectivity index (χ4v) is 3.65. The molecule has 1 aromatic carbocycles. The third-order valence-electron chi connectivity index (χ3n) is 3.99. The number of hydrogen-bond acceptors (Lipinski definition) is 4. The lowest BCUT2D eigenvalue weighted by Crippen LogP contribution is -2.33. The molecule has 0 spiro atoms. The molecule has 1 aliphatic heterocycles. The fraction of sp³-hybridized carbons (Fsp3) is 0.467. The number of rotatable bonds is 2. The van der Waals surface area contributed by atoms with Crippen molar-refractivity contribution in [2.45, 2.75) is 31.9 Å². The zero-order chi connectivity index (χ0) is 15.7. The van der Waals surface area contributed by atoms with Crippen LogP contribution in [0, 0.1) is 6.92 Å². The highest BCUT2D eigenvalue weighted by Gasteiger charge is 2.35. The van der Waals surface area contributed by atoms with Gasteiger partial charge >= 0.3 is 6.18 Å². The van der Waals surface area contributed by atoms with Crippen molar-refractivity contribution in [2.24, 2.45) is 0 Å². The Morgan fingerprint density at radius 3 is 2.41 bits per heavy atom. The quantitative estimate of drug-likeness (QED) is 0.826. The van der Waals surface area contributed by atoms with E-state index in [1.54, 1.807) is 12.1 Å². The van der Waals surface area contributed by atoms with Gasteiger partial charge in [-0.1, -0.05) is 29.5 Å². The van der Waals surface area contributed by atoms with Crippen molar-refractivity contribution < 1.29 is 13.2 Å². The predicted molar refractivity (Wildman–Crippen MR) is 80.3 cm³/mol. The predicted octanol–water partition coefficient (Wildman–Crippen LogP) is 4.25. The molecule has 1 fully saturated rings. The first kappa shape index (κ1) is 15.3. The third-order valence-corrected chi connectivity index (χ3v) is 4.89. The first-order valence-electron chi connectivity index (χ1n) is 7.16. The van der Waals surface area contributed by atoms with Crippen LogP contribution in [0.1, 0.15) is 34.9 Å². The molecule has 0 atom stereocenters. The highest BCUT2D eigenvalue weighted by atomic mass is 32.1. The van der Waals surface area contributed by atoms with E-state index < -0.39 is 11.7 Å². The van der Waals surface area contributed by atoms with Crippen molar-refractivity contribution in [3.8, 4) is 0 Å². The Bertz CT molecular complexity index is 645. The van der Waals surface area contributed by atoms with E-state index in [1.807, 2.05) is 6.92 Å². The smallest absolute Gasteiger partial charge is 0.347 e. The van der Waals surface area contributed by atoms with Crippen molar-refractivity contribution in [1.82, 2.24) is 10.2 Å². The van der Waals surface area contributed by atoms with Crippen LogP contribution in [0.25, 0.3) is 0 Å². The Morgan fingerprint density at radius 2 is 1.82 bits per heavy atom. The second-order valence-corrected chi connectivity index (χ2v) is 6.61. The van der Waals surface area contributed by atoms with Crippen molar-refractivity contribution in [3.63, 3.8) is 0 Å². The molecular weight excluding hydrogens is 311 g/mol. The fourth-order valence-electron chi connectivity index (χ4n) is 2.91. The number of piperidine rings is 1. The maximum Gasteiger partial charge on any atom is 0.416 e. The number of hydrogen-bond donors (Lipinski definition) is 0. The monoisotopic (exact) mass is 327 g/mol. The lowest BCUT2D eigenvalue weighted by atomic mass is 9.86. The van der Waals surface area contributed by atoms with E-state index in [4.69, 9.17) is 0 Å². The summed E-state index contributed by atoms with van der Waals surface area (Å²) >= 11 is 1.52. The molecule has 2 heterocycles. The summed E-state index contributed by atoms with van der Waals surface area (Å²) in [6.07, 6.45) is -2.89. The van der Waals surface area contributed by atoms with Gasteiger partial charge in [-0.15, -0.1) is 10.2 Å². The highest BCUT2D eigenvalue weighted by molar-refractivity contribution is 7.15. The SMILES string of the molecule is Cc1nnc(N2CCC(c3ccccc3C(F)(F)F)CC2)s1. The molecule has 0 bridgehead atoms. The van der Waals surface area contributed by atoms with Gasteiger partial charge in [0.1, 0.15) is 5.01 Å². The van der Waals surface area contributed by atoms with E-state index in [-0.39, 0.29) is 5.92 Å². The van der Waals surface area contributed by atoms with Gasteiger partial charge in [0, 0.05) is 13.1 Å². The summed E-state index contributed by atoms with van der Waals surface area (Å²) < 4.78 is 39.4. The summed E-state index contributed by atoms with van der Waals surface area (Å²) in [5, 5.41) is 9.87. The minimum Gasteiger partial charge on any atom is -0.347 e. The van der Waals surface area contributed by atoms with Gasteiger partial charge in [0.25, 0.3) is 0 Å². The van der Waals surface area contributed by atoms with Crippen LogP contribution in [0.15, 0.2) is 24.3 Å². The van der Waals surface area contributed by atoms with Crippen LogP contribution in [0.3, 0.4) is 0 Å². The van der Waals surface area contributed by atoms with Crippen LogP contribution >= 0.6 is 11.3 Å². The van der Waals surface area contributed by atoms with Gasteiger partial charge in [-0.25, -0.2) is 0 Å². The summed E-state index contributed by atoms with van der Waals surface area (Å²) in [6, 6.07) is 5.92. The number of aryl methyl sites for hydroxylation is 1. The van der Waals surface area contributed by atoms with Gasteiger partial charge < -0.3 is 4.90 Å². The van der Waals surface area contributed by atoms with E-state index in [1.165, 1.54) is 23.5 Å². The normalized spacial score (nSPS) is 17.0. The van der Waals surface area contributed by atoms with Crippen molar-refractivity contribution in [2.75, 3.05) is 18.0 Å². The molecule has 1 saturated heterocycles. The summed E-state index contributed by atoms with van der Waals surface area (Å²) in [7, 11) is 0. The maximum absolute atomic E-state index is 13.1. The van der Waals surface area contributed by atoms with Gasteiger partial charge in [0.15, 0.2) is 0 Å². The summed E-state index contributed by atoms with van der Waals surface area (Å²) in [5.74, 6) is -0.0527. The molecule has 0 aliphatic carbocycles. The molecule has 0 unspecified atom stereocenters. The van der Waals surface area contributed by atoms with E-state index in [2.05, 4.69) is 15.1 Å². The number of halogens is 3. The zero-order valence-corrected chi connectivity index (χ0v) is 12.9. The molecule has 1 aromatic heterocycles. The van der Waals surface area contributed by atoms with Gasteiger partial charge in [0.2, 0.25) is 5.13 Å². The van der Waals surface area contributed by atoms with Crippen LogP contribution in [-0.4, -0.2) is 23.3 Å². The molecule has 1 aliphatic rings. The van der Waals surface area contributed by atoms with Crippen LogP contribution in [-0.2, 0) is 6.18 Å². The summed E-state index contributed by atoms with van der Waals surface area (Å²) in [4.78, 5) is 2.11. The third kappa shape index (κ3) is 3.09. The number of aromatic nitrogens is 2. The average Bonchev–Trinajstić information content (AvgIpc) is 2.93. The molecule has 3 nitrogen and oxygen atoms in total. The number of alkyl halides is 3. The molecule has 118 valence electrons. The highest BCUT2D eigenvalue weighted by Crippen LogP contribution is 2.39. The molecule has 0 amide bonds. The lowest BCUT2D eigenvalue weighted by Gasteiger charge is -2.32. The Hall–Kier alpha value is -1.63. The van der Waals surface area contributed by atoms with E-state index in [9.17, 15) is 13.2 Å². The molecular formula is C15H16F3N3S.